The number of phenolic OH excluding ortho intramolecular Hbond substituents is 1. The zero-order valence-electron chi connectivity index (χ0n) is 29.4. The Labute approximate surface area is 276 Å². The normalized spacial score (nSPS) is 34.8. The second-order valence-corrected chi connectivity index (χ2v) is 15.6. The minimum absolute atomic E-state index is 0.0278. The largest absolute Gasteiger partial charge is 0.504 e. The number of hydrogen-bond acceptors (Lipinski definition) is 9. The molecule has 46 heavy (non-hydrogen) atoms. The van der Waals surface area contributed by atoms with Crippen LogP contribution in [0.3, 0.4) is 0 Å². The van der Waals surface area contributed by atoms with Crippen LogP contribution in [0.25, 0.3) is 0 Å². The van der Waals surface area contributed by atoms with E-state index in [9.17, 15) is 10.2 Å². The number of aromatic hydroxyl groups is 1. The topological polar surface area (TPSA) is 121 Å². The van der Waals surface area contributed by atoms with Gasteiger partial charge < -0.3 is 39.4 Å². The fraction of sp³-hybridized carbons (Fsp3) is 0.838. The van der Waals surface area contributed by atoms with E-state index in [0.29, 0.717) is 25.0 Å². The van der Waals surface area contributed by atoms with Crippen molar-refractivity contribution in [2.75, 3.05) is 59.8 Å². The van der Waals surface area contributed by atoms with Crippen LogP contribution in [0.15, 0.2) is 12.1 Å². The lowest BCUT2D eigenvalue weighted by Gasteiger charge is -2.75. The predicted molar refractivity (Wildman–Crippen MR) is 177 cm³/mol. The molecule has 4 N–H and O–H groups in total. The van der Waals surface area contributed by atoms with E-state index in [1.165, 1.54) is 30.5 Å². The summed E-state index contributed by atoms with van der Waals surface area (Å²) in [7, 11) is 1.83. The van der Waals surface area contributed by atoms with Crippen molar-refractivity contribution in [2.24, 2.45) is 22.7 Å². The second kappa shape index (κ2) is 13.4. The van der Waals surface area contributed by atoms with E-state index in [-0.39, 0.29) is 47.2 Å². The van der Waals surface area contributed by atoms with Gasteiger partial charge in [0.15, 0.2) is 11.5 Å². The first kappa shape index (κ1) is 35.8. The number of nitrogens with zero attached hydrogens (tertiary/aromatic N) is 1. The Bertz CT molecular complexity index is 1190. The van der Waals surface area contributed by atoms with Crippen molar-refractivity contribution in [3.05, 3.63) is 23.3 Å². The van der Waals surface area contributed by atoms with E-state index in [0.717, 1.165) is 57.8 Å². The number of aliphatic hydroxyl groups is 3. The molecule has 0 aromatic heterocycles. The van der Waals surface area contributed by atoms with Crippen molar-refractivity contribution in [1.29, 1.82) is 0 Å². The minimum atomic E-state index is -0.909. The van der Waals surface area contributed by atoms with Crippen molar-refractivity contribution in [2.45, 2.75) is 115 Å². The van der Waals surface area contributed by atoms with E-state index in [2.05, 4.69) is 36.5 Å². The molecule has 5 aliphatic carbocycles. The molecule has 2 spiro atoms. The smallest absolute Gasteiger partial charge is 0.165 e. The van der Waals surface area contributed by atoms with Crippen molar-refractivity contribution in [1.82, 2.24) is 4.90 Å². The van der Waals surface area contributed by atoms with Crippen LogP contribution in [0.4, 0.5) is 0 Å². The third-order valence-corrected chi connectivity index (χ3v) is 12.7. The Morgan fingerprint density at radius 1 is 0.978 bits per heavy atom. The van der Waals surface area contributed by atoms with Gasteiger partial charge in [-0.3, -0.25) is 4.90 Å². The molecule has 2 aliphatic heterocycles. The van der Waals surface area contributed by atoms with Crippen LogP contribution in [0.2, 0.25) is 0 Å². The first-order valence-corrected chi connectivity index (χ1v) is 17.8. The molecule has 7 atom stereocenters. The highest BCUT2D eigenvalue weighted by Crippen LogP contribution is 2.78. The molecule has 0 unspecified atom stereocenters. The summed E-state index contributed by atoms with van der Waals surface area (Å²) in [6.07, 6.45) is 7.64. The van der Waals surface area contributed by atoms with Crippen molar-refractivity contribution in [3.8, 4) is 11.5 Å². The number of piperidine rings is 1. The maximum absolute atomic E-state index is 12.2. The molecule has 9 nitrogen and oxygen atoms in total. The number of fused-ring (bicyclic) bond motifs is 2. The number of methoxy groups -OCH3 is 1. The van der Waals surface area contributed by atoms with Crippen LogP contribution >= 0.6 is 0 Å². The van der Waals surface area contributed by atoms with Gasteiger partial charge >= 0.3 is 0 Å². The molecule has 1 saturated heterocycles. The summed E-state index contributed by atoms with van der Waals surface area (Å²) in [5.41, 5.74) is 0.783. The van der Waals surface area contributed by atoms with Gasteiger partial charge in [0.1, 0.15) is 11.7 Å². The fourth-order valence-corrected chi connectivity index (χ4v) is 10.0. The van der Waals surface area contributed by atoms with E-state index >= 15 is 0 Å². The number of phenols is 1. The number of likely N-dealkylation sites (tertiary alicyclic amines) is 1. The first-order valence-electron chi connectivity index (χ1n) is 17.8. The van der Waals surface area contributed by atoms with Crippen LogP contribution in [-0.2, 0) is 26.0 Å². The fourth-order valence-electron chi connectivity index (χ4n) is 10.0. The minimum Gasteiger partial charge on any atom is -0.504 e. The van der Waals surface area contributed by atoms with Crippen LogP contribution < -0.4 is 4.74 Å². The van der Waals surface area contributed by atoms with Gasteiger partial charge in [-0.05, 0) is 95.2 Å². The summed E-state index contributed by atoms with van der Waals surface area (Å²) in [5.74, 6) is 1.80. The van der Waals surface area contributed by atoms with Gasteiger partial charge in [0, 0.05) is 55.2 Å². The number of rotatable bonds is 10. The zero-order chi connectivity index (χ0) is 33.5. The molecular weight excluding hydrogens is 586 g/mol. The van der Waals surface area contributed by atoms with E-state index in [1.54, 1.807) is 0 Å². The van der Waals surface area contributed by atoms with E-state index < -0.39 is 11.2 Å². The predicted octanol–water partition coefficient (Wildman–Crippen LogP) is 4.44. The molecule has 0 radical (unpaired) electrons. The van der Waals surface area contributed by atoms with Crippen LogP contribution in [0.1, 0.15) is 91.2 Å². The molecule has 262 valence electrons. The van der Waals surface area contributed by atoms with Crippen LogP contribution in [-0.4, -0.2) is 109 Å². The molecule has 4 bridgehead atoms. The third-order valence-electron chi connectivity index (χ3n) is 12.7. The summed E-state index contributed by atoms with van der Waals surface area (Å²) < 4.78 is 22.9. The molecule has 5 fully saturated rings. The van der Waals surface area contributed by atoms with Gasteiger partial charge in [-0.25, -0.2) is 0 Å². The highest BCUT2D eigenvalue weighted by atomic mass is 16.6. The highest BCUT2D eigenvalue weighted by molar-refractivity contribution is 5.63. The Morgan fingerprint density at radius 3 is 2.20 bits per heavy atom. The monoisotopic (exact) mass is 647 g/mol. The SMILES string of the molecule is CCOCC.CO[C@@]12CC[C@@]3(C[C@@H]1[C@](C)(O)C(C)(C)C)[C@H]1Cc4ccc(O)c5c4[C@@]3(CCN1CC1CC1)[C@H]2O5.OCCOCCO. The molecule has 2 heterocycles. The molecule has 7 aliphatic rings. The number of benzene rings is 1. The molecule has 0 amide bonds. The third kappa shape index (κ3) is 5.50. The number of ether oxygens (including phenoxy) is 4. The summed E-state index contributed by atoms with van der Waals surface area (Å²) in [5, 5.41) is 39.3. The van der Waals surface area contributed by atoms with Gasteiger partial charge in [0.25, 0.3) is 0 Å². The second-order valence-electron chi connectivity index (χ2n) is 15.6. The maximum Gasteiger partial charge on any atom is 0.165 e. The van der Waals surface area contributed by atoms with Gasteiger partial charge in [-0.15, -0.1) is 0 Å². The molecule has 1 aromatic carbocycles. The standard InChI is InChI=1S/C29H41NO4.C4H10O3.C4H10O/c1-25(2,3)26(4,32)20-15-27-10-11-29(20,33-5)24-28(27)12-13-30(16-17-6-7-17)21(27)14-18-8-9-19(31)23(34-24)22(18)28;5-1-3-7-4-2-6;1-3-5-4-2/h8-9,17,20-21,24,31-32H,6-7,10-16H2,1-5H3;5-6H,1-4H2;3-4H2,1-2H3/t20-,21-,24-,26+,27-,28+,29+;;/m1../s1. The number of hydrogen-bond donors (Lipinski definition) is 4. The Balaban J connectivity index is 0.000000299. The average molecular weight is 648 g/mol. The van der Waals surface area contributed by atoms with Crippen molar-refractivity contribution < 1.29 is 39.4 Å². The Morgan fingerprint density at radius 2 is 1.65 bits per heavy atom. The average Bonchev–Trinajstić information content (AvgIpc) is 3.77. The highest BCUT2D eigenvalue weighted by Gasteiger charge is 2.82. The Hall–Kier alpha value is -1.46. The summed E-state index contributed by atoms with van der Waals surface area (Å²) >= 11 is 0. The molecular formula is C37H61NO8. The molecule has 8 rings (SSSR count). The Kier molecular flexibility index (Phi) is 10.5. The summed E-state index contributed by atoms with van der Waals surface area (Å²) in [4.78, 5) is 2.82. The molecule has 4 saturated carbocycles. The van der Waals surface area contributed by atoms with Crippen LogP contribution in [0, 0.1) is 22.7 Å². The van der Waals surface area contributed by atoms with Crippen LogP contribution in [0.5, 0.6) is 11.5 Å². The number of aliphatic hydroxyl groups excluding tert-OH is 2. The summed E-state index contributed by atoms with van der Waals surface area (Å²) in [6.45, 7) is 17.2. The van der Waals surface area contributed by atoms with E-state index in [4.69, 9.17) is 24.4 Å². The lowest BCUT2D eigenvalue weighted by molar-refractivity contribution is -0.312. The quantitative estimate of drug-likeness (QED) is 0.273. The summed E-state index contributed by atoms with van der Waals surface area (Å²) in [6, 6.07) is 4.46. The first-order chi connectivity index (χ1) is 21.8. The van der Waals surface area contributed by atoms with Gasteiger partial charge in [0.2, 0.25) is 0 Å². The van der Waals surface area contributed by atoms with Crippen molar-refractivity contribution in [3.63, 3.8) is 0 Å². The van der Waals surface area contributed by atoms with Gasteiger partial charge in [-0.1, -0.05) is 26.8 Å². The van der Waals surface area contributed by atoms with Gasteiger partial charge in [0.05, 0.1) is 32.0 Å². The maximum atomic E-state index is 12.2. The van der Waals surface area contributed by atoms with E-state index in [1.807, 2.05) is 33.9 Å². The zero-order valence-corrected chi connectivity index (χ0v) is 29.4. The van der Waals surface area contributed by atoms with Gasteiger partial charge in [-0.2, -0.15) is 0 Å². The lowest BCUT2D eigenvalue weighted by Crippen LogP contribution is -2.83. The molecule has 1 aromatic rings. The van der Waals surface area contributed by atoms with Crippen molar-refractivity contribution >= 4 is 0 Å². The molecule has 9 heteroatoms. The lowest BCUT2D eigenvalue weighted by atomic mass is 9.33.